The lowest BCUT2D eigenvalue weighted by Crippen LogP contribution is -2.20. The van der Waals surface area contributed by atoms with Crippen LogP contribution in [0.15, 0.2) is 18.2 Å². The van der Waals surface area contributed by atoms with Crippen LogP contribution in [0, 0.1) is 0 Å². The average Bonchev–Trinajstić information content (AvgIpc) is 2.31. The van der Waals surface area contributed by atoms with Crippen molar-refractivity contribution in [2.75, 3.05) is 13.2 Å². The Labute approximate surface area is 108 Å². The number of alkyl halides is 4. The first-order chi connectivity index (χ1) is 9.02. The van der Waals surface area contributed by atoms with Crippen molar-refractivity contribution >= 4 is 0 Å². The largest absolute Gasteiger partial charge is 0.490 e. The molecule has 0 amide bonds. The van der Waals surface area contributed by atoms with E-state index in [1.807, 2.05) is 0 Å². The molecule has 0 heterocycles. The van der Waals surface area contributed by atoms with Crippen molar-refractivity contribution in [1.82, 2.24) is 5.32 Å². The highest BCUT2D eigenvalue weighted by Gasteiger charge is 2.11. The lowest BCUT2D eigenvalue weighted by molar-refractivity contribution is -0.0514. The molecule has 108 valence electrons. The summed E-state index contributed by atoms with van der Waals surface area (Å²) in [5.74, 6) is 0.0913. The predicted octanol–water partition coefficient (Wildman–Crippen LogP) is 3.04. The van der Waals surface area contributed by atoms with E-state index in [1.165, 1.54) is 18.2 Å². The number of nitrogens with one attached hydrogen (secondary N) is 1. The van der Waals surface area contributed by atoms with Gasteiger partial charge in [0.15, 0.2) is 11.5 Å². The Morgan fingerprint density at radius 2 is 1.89 bits per heavy atom. The second-order valence-electron chi connectivity index (χ2n) is 3.61. The number of benzene rings is 1. The fraction of sp³-hybridized carbons (Fsp3) is 0.500. The van der Waals surface area contributed by atoms with Gasteiger partial charge < -0.3 is 14.8 Å². The molecule has 1 aromatic rings. The zero-order chi connectivity index (χ0) is 14.3. The summed E-state index contributed by atoms with van der Waals surface area (Å²) in [7, 11) is 0. The Morgan fingerprint density at radius 1 is 1.16 bits per heavy atom. The summed E-state index contributed by atoms with van der Waals surface area (Å²) in [6, 6.07) is 4.33. The predicted molar refractivity (Wildman–Crippen MR) is 62.0 cm³/mol. The maximum Gasteiger partial charge on any atom is 0.387 e. The van der Waals surface area contributed by atoms with Crippen molar-refractivity contribution in [3.63, 3.8) is 0 Å². The van der Waals surface area contributed by atoms with E-state index in [-0.39, 0.29) is 24.7 Å². The molecule has 3 nitrogen and oxygen atoms in total. The lowest BCUT2D eigenvalue weighted by atomic mass is 10.2. The van der Waals surface area contributed by atoms with Crippen molar-refractivity contribution in [1.29, 1.82) is 0 Å². The highest BCUT2D eigenvalue weighted by Crippen LogP contribution is 2.29. The van der Waals surface area contributed by atoms with Gasteiger partial charge in [-0.05, 0) is 24.6 Å². The number of halogens is 4. The first kappa shape index (κ1) is 15.6. The third kappa shape index (κ3) is 5.78. The van der Waals surface area contributed by atoms with E-state index in [0.717, 1.165) is 0 Å². The highest BCUT2D eigenvalue weighted by atomic mass is 19.3. The van der Waals surface area contributed by atoms with Crippen LogP contribution in [-0.2, 0) is 6.54 Å². The molecule has 0 radical (unpaired) electrons. The highest BCUT2D eigenvalue weighted by molar-refractivity contribution is 5.43. The molecule has 0 fully saturated rings. The maximum absolute atomic E-state index is 12.2. The number of rotatable bonds is 8. The monoisotopic (exact) mass is 281 g/mol. The SMILES string of the molecule is CCOc1cc(CNCC(F)F)ccc1OC(F)F. The van der Waals surface area contributed by atoms with Crippen molar-refractivity contribution in [3.05, 3.63) is 23.8 Å². The van der Waals surface area contributed by atoms with Crippen LogP contribution in [0.1, 0.15) is 12.5 Å². The average molecular weight is 281 g/mol. The molecule has 0 spiro atoms. The zero-order valence-electron chi connectivity index (χ0n) is 10.3. The van der Waals surface area contributed by atoms with Gasteiger partial charge in [0.05, 0.1) is 13.2 Å². The molecule has 0 saturated carbocycles. The lowest BCUT2D eigenvalue weighted by Gasteiger charge is -2.13. The quantitative estimate of drug-likeness (QED) is 0.743. The first-order valence-electron chi connectivity index (χ1n) is 5.72. The third-order valence-electron chi connectivity index (χ3n) is 2.15. The van der Waals surface area contributed by atoms with Gasteiger partial charge in [0.2, 0.25) is 0 Å². The van der Waals surface area contributed by atoms with Crippen molar-refractivity contribution < 1.29 is 27.0 Å². The molecule has 7 heteroatoms. The molecule has 0 aromatic heterocycles. The van der Waals surface area contributed by atoms with Gasteiger partial charge in [0.1, 0.15) is 0 Å². The van der Waals surface area contributed by atoms with Gasteiger partial charge in [-0.3, -0.25) is 0 Å². The molecule has 1 N–H and O–H groups in total. The number of hydrogen-bond acceptors (Lipinski definition) is 3. The van der Waals surface area contributed by atoms with Gasteiger partial charge in [0.25, 0.3) is 6.43 Å². The van der Waals surface area contributed by atoms with Crippen LogP contribution in [0.5, 0.6) is 11.5 Å². The maximum atomic E-state index is 12.2. The van der Waals surface area contributed by atoms with Crippen molar-refractivity contribution in [2.24, 2.45) is 0 Å². The van der Waals surface area contributed by atoms with Gasteiger partial charge in [0, 0.05) is 6.54 Å². The third-order valence-corrected chi connectivity index (χ3v) is 2.15. The smallest absolute Gasteiger partial charge is 0.387 e. The standard InChI is InChI=1S/C12H15F4NO2/c1-2-18-10-5-8(6-17-7-11(13)14)3-4-9(10)19-12(15)16/h3-5,11-12,17H,2,6-7H2,1H3. The van der Waals surface area contributed by atoms with Crippen LogP contribution >= 0.6 is 0 Å². The molecule has 0 aliphatic carbocycles. The van der Waals surface area contributed by atoms with E-state index in [2.05, 4.69) is 10.1 Å². The van der Waals surface area contributed by atoms with Crippen LogP contribution in [-0.4, -0.2) is 26.2 Å². The van der Waals surface area contributed by atoms with Gasteiger partial charge in [-0.25, -0.2) is 8.78 Å². The molecular formula is C12H15F4NO2. The molecule has 0 saturated heterocycles. The minimum absolute atomic E-state index is 0.0746. The van der Waals surface area contributed by atoms with Crippen LogP contribution < -0.4 is 14.8 Å². The molecule has 0 unspecified atom stereocenters. The van der Waals surface area contributed by atoms with Crippen LogP contribution in [0.3, 0.4) is 0 Å². The Morgan fingerprint density at radius 3 is 2.47 bits per heavy atom. The van der Waals surface area contributed by atoms with E-state index in [9.17, 15) is 17.6 Å². The Kier molecular flexibility index (Phi) is 6.41. The first-order valence-corrected chi connectivity index (χ1v) is 5.72. The minimum Gasteiger partial charge on any atom is -0.490 e. The second kappa shape index (κ2) is 7.83. The van der Waals surface area contributed by atoms with Crippen LogP contribution in [0.2, 0.25) is 0 Å². The van der Waals surface area contributed by atoms with Gasteiger partial charge in [-0.1, -0.05) is 6.07 Å². The Hall–Kier alpha value is -1.50. The second-order valence-corrected chi connectivity index (χ2v) is 3.61. The number of ether oxygens (including phenoxy) is 2. The van der Waals surface area contributed by atoms with Gasteiger partial charge >= 0.3 is 6.61 Å². The summed E-state index contributed by atoms with van der Waals surface area (Å²) in [6.07, 6.45) is -2.44. The minimum atomic E-state index is -2.94. The summed E-state index contributed by atoms with van der Waals surface area (Å²) in [4.78, 5) is 0. The molecule has 0 aliphatic rings. The molecule has 0 bridgehead atoms. The Balaban J connectivity index is 2.71. The summed E-state index contributed by atoms with van der Waals surface area (Å²) in [6.45, 7) is -1.19. The molecule has 0 aliphatic heterocycles. The topological polar surface area (TPSA) is 30.5 Å². The summed E-state index contributed by atoms with van der Waals surface area (Å²) in [5.41, 5.74) is 0.644. The molecular weight excluding hydrogens is 266 g/mol. The Bertz CT molecular complexity index is 388. The van der Waals surface area contributed by atoms with E-state index in [0.29, 0.717) is 5.56 Å². The van der Waals surface area contributed by atoms with Crippen molar-refractivity contribution in [2.45, 2.75) is 26.5 Å². The van der Waals surface area contributed by atoms with E-state index in [1.54, 1.807) is 6.92 Å². The molecule has 19 heavy (non-hydrogen) atoms. The van der Waals surface area contributed by atoms with Gasteiger partial charge in [-0.15, -0.1) is 0 Å². The fourth-order valence-corrected chi connectivity index (χ4v) is 1.45. The number of hydrogen-bond donors (Lipinski definition) is 1. The molecule has 1 aromatic carbocycles. The fourth-order valence-electron chi connectivity index (χ4n) is 1.45. The van der Waals surface area contributed by atoms with Crippen molar-refractivity contribution in [3.8, 4) is 11.5 Å². The van der Waals surface area contributed by atoms with E-state index in [4.69, 9.17) is 4.74 Å². The van der Waals surface area contributed by atoms with Gasteiger partial charge in [-0.2, -0.15) is 8.78 Å². The molecule has 1 rings (SSSR count). The molecule has 0 atom stereocenters. The zero-order valence-corrected chi connectivity index (χ0v) is 10.3. The van der Waals surface area contributed by atoms with Crippen LogP contribution in [0.25, 0.3) is 0 Å². The summed E-state index contributed by atoms with van der Waals surface area (Å²) < 4.78 is 57.7. The summed E-state index contributed by atoms with van der Waals surface area (Å²) in [5, 5.41) is 2.54. The van der Waals surface area contributed by atoms with Crippen LogP contribution in [0.4, 0.5) is 17.6 Å². The summed E-state index contributed by atoms with van der Waals surface area (Å²) >= 11 is 0. The van der Waals surface area contributed by atoms with E-state index < -0.39 is 19.6 Å². The normalized spacial score (nSPS) is 11.1. The van der Waals surface area contributed by atoms with E-state index >= 15 is 0 Å².